The maximum absolute atomic E-state index is 12.7. The number of amides is 1. The van der Waals surface area contributed by atoms with Crippen molar-refractivity contribution in [1.29, 1.82) is 0 Å². The highest BCUT2D eigenvalue weighted by molar-refractivity contribution is 7.89. The first-order chi connectivity index (χ1) is 13.4. The Morgan fingerprint density at radius 3 is 2.46 bits per heavy atom. The molecule has 0 saturated carbocycles. The lowest BCUT2D eigenvalue weighted by atomic mass is 10.1. The van der Waals surface area contributed by atoms with Crippen molar-refractivity contribution in [2.24, 2.45) is 0 Å². The molecule has 1 aliphatic rings. The van der Waals surface area contributed by atoms with Gasteiger partial charge in [-0.2, -0.15) is 4.31 Å². The van der Waals surface area contributed by atoms with Gasteiger partial charge in [-0.15, -0.1) is 0 Å². The minimum absolute atomic E-state index is 0.114. The fourth-order valence-corrected chi connectivity index (χ4v) is 5.01. The van der Waals surface area contributed by atoms with Gasteiger partial charge in [-0.05, 0) is 56.4 Å². The van der Waals surface area contributed by atoms with Crippen molar-refractivity contribution < 1.29 is 13.2 Å². The zero-order valence-electron chi connectivity index (χ0n) is 15.9. The van der Waals surface area contributed by atoms with Gasteiger partial charge < -0.3 is 5.32 Å². The van der Waals surface area contributed by atoms with Gasteiger partial charge in [-0.3, -0.25) is 4.79 Å². The smallest absolute Gasteiger partial charge is 0.252 e. The van der Waals surface area contributed by atoms with Crippen molar-refractivity contribution in [3.05, 3.63) is 64.2 Å². The summed E-state index contributed by atoms with van der Waals surface area (Å²) in [5, 5.41) is 3.08. The van der Waals surface area contributed by atoms with E-state index >= 15 is 0 Å². The number of hydrogen-bond acceptors (Lipinski definition) is 3. The van der Waals surface area contributed by atoms with Gasteiger partial charge in [0, 0.05) is 19.6 Å². The number of halogens is 1. The third-order valence-electron chi connectivity index (χ3n) is 4.93. The number of nitrogens with one attached hydrogen (secondary N) is 1. The van der Waals surface area contributed by atoms with E-state index in [0.717, 1.165) is 25.7 Å². The Hall–Kier alpha value is -1.89. The van der Waals surface area contributed by atoms with Crippen LogP contribution in [0.3, 0.4) is 0 Å². The first-order valence-corrected chi connectivity index (χ1v) is 11.3. The normalized spacial score (nSPS) is 14.9. The fourth-order valence-electron chi connectivity index (χ4n) is 3.26. The van der Waals surface area contributed by atoms with Crippen molar-refractivity contribution in [2.45, 2.75) is 37.5 Å². The molecule has 0 unspecified atom stereocenters. The Morgan fingerprint density at radius 1 is 1.11 bits per heavy atom. The van der Waals surface area contributed by atoms with E-state index in [9.17, 15) is 13.2 Å². The summed E-state index contributed by atoms with van der Waals surface area (Å²) in [7, 11) is -3.58. The van der Waals surface area contributed by atoms with Crippen LogP contribution in [-0.2, 0) is 16.4 Å². The maximum Gasteiger partial charge on any atom is 0.252 e. The van der Waals surface area contributed by atoms with E-state index in [1.165, 1.54) is 33.6 Å². The van der Waals surface area contributed by atoms with E-state index in [0.29, 0.717) is 19.6 Å². The molecule has 5 nitrogen and oxygen atoms in total. The van der Waals surface area contributed by atoms with Crippen LogP contribution in [0.4, 0.5) is 0 Å². The van der Waals surface area contributed by atoms with E-state index in [-0.39, 0.29) is 21.4 Å². The summed E-state index contributed by atoms with van der Waals surface area (Å²) in [5.41, 5.74) is 2.63. The molecule has 1 aliphatic heterocycles. The van der Waals surface area contributed by atoms with Crippen LogP contribution in [0.2, 0.25) is 5.02 Å². The third-order valence-corrected chi connectivity index (χ3v) is 7.16. The lowest BCUT2D eigenvalue weighted by Crippen LogP contribution is -2.29. The van der Waals surface area contributed by atoms with Gasteiger partial charge >= 0.3 is 0 Å². The number of nitrogens with zero attached hydrogens (tertiary/aromatic N) is 1. The molecular formula is C21H25ClN2O3S. The summed E-state index contributed by atoms with van der Waals surface area (Å²) >= 11 is 6.16. The van der Waals surface area contributed by atoms with Crippen LogP contribution in [0.15, 0.2) is 47.4 Å². The largest absolute Gasteiger partial charge is 0.352 e. The van der Waals surface area contributed by atoms with Crippen LogP contribution in [-0.4, -0.2) is 38.3 Å². The van der Waals surface area contributed by atoms with E-state index in [1.54, 1.807) is 0 Å². The molecular weight excluding hydrogens is 396 g/mol. The lowest BCUT2D eigenvalue weighted by molar-refractivity contribution is 0.0953. The van der Waals surface area contributed by atoms with Crippen LogP contribution in [0.5, 0.6) is 0 Å². The maximum atomic E-state index is 12.7. The Kier molecular flexibility index (Phi) is 6.75. The molecule has 0 bridgehead atoms. The number of sulfonamides is 1. The number of benzene rings is 2. The summed E-state index contributed by atoms with van der Waals surface area (Å²) in [6.45, 7) is 3.58. The summed E-state index contributed by atoms with van der Waals surface area (Å²) in [6.07, 6.45) is 3.37. The number of rotatable bonds is 7. The molecule has 0 atom stereocenters. The second-order valence-electron chi connectivity index (χ2n) is 7.10. The summed E-state index contributed by atoms with van der Waals surface area (Å²) in [6, 6.07) is 12.6. The second kappa shape index (κ2) is 9.07. The zero-order valence-corrected chi connectivity index (χ0v) is 17.5. The average molecular weight is 421 g/mol. The quantitative estimate of drug-likeness (QED) is 0.693. The molecule has 1 N–H and O–H groups in total. The van der Waals surface area contributed by atoms with E-state index in [2.05, 4.69) is 29.6 Å². The van der Waals surface area contributed by atoms with Crippen LogP contribution in [0.1, 0.15) is 40.7 Å². The number of carbonyl (C=O) groups is 1. The van der Waals surface area contributed by atoms with E-state index in [1.807, 2.05) is 6.92 Å². The molecule has 1 saturated heterocycles. The molecule has 28 heavy (non-hydrogen) atoms. The Morgan fingerprint density at radius 2 is 1.79 bits per heavy atom. The van der Waals surface area contributed by atoms with Crippen LogP contribution >= 0.6 is 11.6 Å². The van der Waals surface area contributed by atoms with Gasteiger partial charge in [-0.25, -0.2) is 8.42 Å². The molecule has 3 rings (SSSR count). The summed E-state index contributed by atoms with van der Waals surface area (Å²) in [4.78, 5) is 12.6. The highest BCUT2D eigenvalue weighted by atomic mass is 35.5. The van der Waals surface area contributed by atoms with Gasteiger partial charge in [-0.1, -0.05) is 41.4 Å². The fraction of sp³-hybridized carbons (Fsp3) is 0.381. The topological polar surface area (TPSA) is 66.5 Å². The Bertz CT molecular complexity index is 937. The second-order valence-corrected chi connectivity index (χ2v) is 9.44. The molecule has 2 aromatic carbocycles. The Balaban J connectivity index is 1.62. The first-order valence-electron chi connectivity index (χ1n) is 9.51. The van der Waals surface area contributed by atoms with Crippen molar-refractivity contribution in [2.75, 3.05) is 19.6 Å². The minimum Gasteiger partial charge on any atom is -0.352 e. The number of aryl methyl sites for hydroxylation is 2. The van der Waals surface area contributed by atoms with Gasteiger partial charge in [0.25, 0.3) is 5.91 Å². The summed E-state index contributed by atoms with van der Waals surface area (Å²) < 4.78 is 26.9. The standard InChI is InChI=1S/C21H25ClN2O3S/c1-16-6-8-17(9-7-16)5-4-12-23-21(25)19-15-18(10-11-20(19)22)28(26,27)24-13-2-3-14-24/h6-11,15H,2-5,12-14H2,1H3,(H,23,25). The molecule has 1 heterocycles. The molecule has 0 aliphatic carbocycles. The molecule has 1 amide bonds. The van der Waals surface area contributed by atoms with E-state index in [4.69, 9.17) is 11.6 Å². The molecule has 1 fully saturated rings. The van der Waals surface area contributed by atoms with Gasteiger partial charge in [0.15, 0.2) is 0 Å². The highest BCUT2D eigenvalue weighted by Gasteiger charge is 2.28. The predicted molar refractivity (Wildman–Crippen MR) is 111 cm³/mol. The zero-order chi connectivity index (χ0) is 20.1. The minimum atomic E-state index is -3.58. The highest BCUT2D eigenvalue weighted by Crippen LogP contribution is 2.25. The van der Waals surface area contributed by atoms with Gasteiger partial charge in [0.2, 0.25) is 10.0 Å². The summed E-state index contributed by atoms with van der Waals surface area (Å²) in [5.74, 6) is -0.354. The Labute approximate surface area is 171 Å². The lowest BCUT2D eigenvalue weighted by Gasteiger charge is -2.16. The van der Waals surface area contributed by atoms with Gasteiger partial charge in [0.05, 0.1) is 15.5 Å². The average Bonchev–Trinajstić information content (AvgIpc) is 3.22. The van der Waals surface area contributed by atoms with Crippen molar-refractivity contribution >= 4 is 27.5 Å². The third kappa shape index (κ3) is 4.93. The molecule has 0 radical (unpaired) electrons. The van der Waals surface area contributed by atoms with Gasteiger partial charge in [0.1, 0.15) is 0 Å². The molecule has 150 valence electrons. The molecule has 7 heteroatoms. The molecule has 2 aromatic rings. The SMILES string of the molecule is Cc1ccc(CCCNC(=O)c2cc(S(=O)(=O)N3CCCC3)ccc2Cl)cc1. The van der Waals surface area contributed by atoms with Crippen LogP contribution in [0, 0.1) is 6.92 Å². The van der Waals surface area contributed by atoms with Crippen molar-refractivity contribution in [1.82, 2.24) is 9.62 Å². The van der Waals surface area contributed by atoms with Crippen molar-refractivity contribution in [3.8, 4) is 0 Å². The molecule has 0 aromatic heterocycles. The predicted octanol–water partition coefficient (Wildman–Crippen LogP) is 3.80. The van der Waals surface area contributed by atoms with E-state index < -0.39 is 10.0 Å². The number of hydrogen-bond donors (Lipinski definition) is 1. The number of carbonyl (C=O) groups excluding carboxylic acids is 1. The first kappa shape index (κ1) is 20.8. The van der Waals surface area contributed by atoms with Crippen molar-refractivity contribution in [3.63, 3.8) is 0 Å². The monoisotopic (exact) mass is 420 g/mol. The van der Waals surface area contributed by atoms with Crippen LogP contribution in [0.25, 0.3) is 0 Å². The van der Waals surface area contributed by atoms with Crippen LogP contribution < -0.4 is 5.32 Å². The molecule has 0 spiro atoms.